The maximum absolute atomic E-state index is 3.49. The third-order valence-corrected chi connectivity index (χ3v) is 2.52. The molecule has 1 unspecified atom stereocenters. The van der Waals surface area contributed by atoms with Crippen molar-refractivity contribution in [1.29, 1.82) is 0 Å². The first-order valence-electron chi connectivity index (χ1n) is 4.00. The molecule has 2 heterocycles. The first-order valence-corrected chi connectivity index (χ1v) is 4.00. The van der Waals surface area contributed by atoms with Crippen LogP contribution in [0.4, 0.5) is 0 Å². The molecule has 56 valence electrons. The Bertz CT molecular complexity index is 172. The lowest BCUT2D eigenvalue weighted by Crippen LogP contribution is -2.36. The summed E-state index contributed by atoms with van der Waals surface area (Å²) in [5.41, 5.74) is 3.22. The van der Waals surface area contributed by atoms with Gasteiger partial charge >= 0.3 is 0 Å². The lowest BCUT2D eigenvalue weighted by atomic mass is 9.98. The minimum atomic E-state index is 0.661. The van der Waals surface area contributed by atoms with Gasteiger partial charge in [-0.3, -0.25) is 0 Å². The maximum Gasteiger partial charge on any atom is 0.0421 e. The normalized spacial score (nSPS) is 32.7. The number of rotatable bonds is 0. The third kappa shape index (κ3) is 0.879. The lowest BCUT2D eigenvalue weighted by molar-refractivity contribution is 0.566. The summed E-state index contributed by atoms with van der Waals surface area (Å²) >= 11 is 0. The van der Waals surface area contributed by atoms with Crippen molar-refractivity contribution in [2.75, 3.05) is 19.6 Å². The molecule has 1 saturated heterocycles. The Balaban J connectivity index is 2.25. The van der Waals surface area contributed by atoms with E-state index in [1.165, 1.54) is 13.0 Å². The summed E-state index contributed by atoms with van der Waals surface area (Å²) in [6.45, 7) is 5.67. The number of fused-ring (bicyclic) bond motifs is 1. The number of nitrogens with one attached hydrogen (secondary N) is 2. The van der Waals surface area contributed by atoms with E-state index in [0.29, 0.717) is 6.04 Å². The molecular weight excluding hydrogens is 124 g/mol. The molecule has 2 aliphatic heterocycles. The maximum atomic E-state index is 3.49. The molecule has 0 aromatic heterocycles. The zero-order chi connectivity index (χ0) is 6.97. The molecule has 10 heavy (non-hydrogen) atoms. The van der Waals surface area contributed by atoms with E-state index in [-0.39, 0.29) is 0 Å². The Morgan fingerprint density at radius 1 is 1.50 bits per heavy atom. The Hall–Kier alpha value is -0.340. The van der Waals surface area contributed by atoms with Gasteiger partial charge in [-0.1, -0.05) is 5.57 Å². The third-order valence-electron chi connectivity index (χ3n) is 2.52. The van der Waals surface area contributed by atoms with E-state index >= 15 is 0 Å². The van der Waals surface area contributed by atoms with E-state index in [0.717, 1.165) is 13.1 Å². The van der Waals surface area contributed by atoms with Crippen molar-refractivity contribution in [2.24, 2.45) is 0 Å². The monoisotopic (exact) mass is 138 g/mol. The molecule has 0 spiro atoms. The van der Waals surface area contributed by atoms with Gasteiger partial charge in [-0.2, -0.15) is 0 Å². The van der Waals surface area contributed by atoms with E-state index in [9.17, 15) is 0 Å². The lowest BCUT2D eigenvalue weighted by Gasteiger charge is -2.21. The predicted octanol–water partition coefficient (Wildman–Crippen LogP) is 0.268. The van der Waals surface area contributed by atoms with Gasteiger partial charge in [0.1, 0.15) is 0 Å². The summed E-state index contributed by atoms with van der Waals surface area (Å²) < 4.78 is 0. The van der Waals surface area contributed by atoms with Gasteiger partial charge in [0.25, 0.3) is 0 Å². The van der Waals surface area contributed by atoms with Crippen molar-refractivity contribution in [1.82, 2.24) is 10.6 Å². The first-order chi connectivity index (χ1) is 4.88. The Morgan fingerprint density at radius 2 is 2.40 bits per heavy atom. The zero-order valence-electron chi connectivity index (χ0n) is 6.41. The smallest absolute Gasteiger partial charge is 0.0421 e. The van der Waals surface area contributed by atoms with Crippen molar-refractivity contribution in [2.45, 2.75) is 19.4 Å². The highest BCUT2D eigenvalue weighted by Gasteiger charge is 2.24. The van der Waals surface area contributed by atoms with Crippen molar-refractivity contribution in [3.63, 3.8) is 0 Å². The van der Waals surface area contributed by atoms with Gasteiger partial charge in [0.15, 0.2) is 0 Å². The molecule has 1 atom stereocenters. The van der Waals surface area contributed by atoms with Crippen LogP contribution in [-0.2, 0) is 0 Å². The fourth-order valence-corrected chi connectivity index (χ4v) is 1.84. The van der Waals surface area contributed by atoms with Crippen LogP contribution in [0.5, 0.6) is 0 Å². The second-order valence-electron chi connectivity index (χ2n) is 3.19. The van der Waals surface area contributed by atoms with Crippen LogP contribution >= 0.6 is 0 Å². The van der Waals surface area contributed by atoms with Crippen molar-refractivity contribution >= 4 is 0 Å². The molecule has 0 aliphatic carbocycles. The molecule has 1 fully saturated rings. The summed E-state index contributed by atoms with van der Waals surface area (Å²) in [6.07, 6.45) is 1.24. The molecule has 2 aliphatic rings. The van der Waals surface area contributed by atoms with E-state index in [4.69, 9.17) is 0 Å². The predicted molar refractivity (Wildman–Crippen MR) is 42.0 cm³/mol. The topological polar surface area (TPSA) is 24.1 Å². The minimum Gasteiger partial charge on any atom is -0.311 e. The molecular formula is C8H14N2. The van der Waals surface area contributed by atoms with E-state index in [1.54, 1.807) is 11.1 Å². The Kier molecular flexibility index (Phi) is 1.51. The van der Waals surface area contributed by atoms with Crippen molar-refractivity contribution < 1.29 is 0 Å². The SMILES string of the molecule is CC1=C2CNCC2NCC1. The van der Waals surface area contributed by atoms with Gasteiger partial charge in [-0.15, -0.1) is 0 Å². The Morgan fingerprint density at radius 3 is 3.20 bits per heavy atom. The van der Waals surface area contributed by atoms with Crippen LogP contribution in [-0.4, -0.2) is 25.7 Å². The van der Waals surface area contributed by atoms with Crippen molar-refractivity contribution in [3.05, 3.63) is 11.1 Å². The largest absolute Gasteiger partial charge is 0.311 e. The highest BCUT2D eigenvalue weighted by Crippen LogP contribution is 2.19. The molecule has 2 heteroatoms. The summed E-state index contributed by atoms with van der Waals surface area (Å²) in [7, 11) is 0. The highest BCUT2D eigenvalue weighted by atomic mass is 15.0. The van der Waals surface area contributed by atoms with Crippen LogP contribution in [0.2, 0.25) is 0 Å². The van der Waals surface area contributed by atoms with Gasteiger partial charge in [0.05, 0.1) is 0 Å². The van der Waals surface area contributed by atoms with Crippen LogP contribution < -0.4 is 10.6 Å². The van der Waals surface area contributed by atoms with Gasteiger partial charge in [0, 0.05) is 19.1 Å². The van der Waals surface area contributed by atoms with Crippen LogP contribution in [0, 0.1) is 0 Å². The molecule has 0 radical (unpaired) electrons. The van der Waals surface area contributed by atoms with Crippen molar-refractivity contribution in [3.8, 4) is 0 Å². The summed E-state index contributed by atoms with van der Waals surface area (Å²) in [5.74, 6) is 0. The van der Waals surface area contributed by atoms with Gasteiger partial charge < -0.3 is 10.6 Å². The summed E-state index contributed by atoms with van der Waals surface area (Å²) in [4.78, 5) is 0. The quantitative estimate of drug-likeness (QED) is 0.469. The van der Waals surface area contributed by atoms with E-state index in [1.807, 2.05) is 0 Å². The van der Waals surface area contributed by atoms with Crippen LogP contribution in [0.25, 0.3) is 0 Å². The molecule has 0 bridgehead atoms. The average molecular weight is 138 g/mol. The summed E-state index contributed by atoms with van der Waals surface area (Å²) in [5, 5.41) is 6.87. The standard InChI is InChI=1S/C8H14N2/c1-6-2-3-10-8-5-9-4-7(6)8/h8-10H,2-5H2,1H3. The van der Waals surface area contributed by atoms with E-state index < -0.39 is 0 Å². The molecule has 2 rings (SSSR count). The fourth-order valence-electron chi connectivity index (χ4n) is 1.84. The van der Waals surface area contributed by atoms with Crippen LogP contribution in [0.3, 0.4) is 0 Å². The average Bonchev–Trinajstić information content (AvgIpc) is 2.36. The fraction of sp³-hybridized carbons (Fsp3) is 0.750. The second-order valence-corrected chi connectivity index (χ2v) is 3.19. The number of hydrogen-bond acceptors (Lipinski definition) is 2. The molecule has 0 aromatic rings. The zero-order valence-corrected chi connectivity index (χ0v) is 6.41. The van der Waals surface area contributed by atoms with E-state index in [2.05, 4.69) is 17.6 Å². The Labute approximate surface area is 61.7 Å². The van der Waals surface area contributed by atoms with Crippen LogP contribution in [0.1, 0.15) is 13.3 Å². The molecule has 0 amide bonds. The molecule has 0 aromatic carbocycles. The number of hydrogen-bond donors (Lipinski definition) is 2. The molecule has 2 N–H and O–H groups in total. The minimum absolute atomic E-state index is 0.661. The van der Waals surface area contributed by atoms with Gasteiger partial charge in [-0.05, 0) is 25.5 Å². The molecule has 0 saturated carbocycles. The van der Waals surface area contributed by atoms with Crippen LogP contribution in [0.15, 0.2) is 11.1 Å². The first kappa shape index (κ1) is 6.38. The van der Waals surface area contributed by atoms with Gasteiger partial charge in [0.2, 0.25) is 0 Å². The highest BCUT2D eigenvalue weighted by molar-refractivity contribution is 5.26. The van der Waals surface area contributed by atoms with Gasteiger partial charge in [-0.25, -0.2) is 0 Å². The summed E-state index contributed by atoms with van der Waals surface area (Å²) in [6, 6.07) is 0.661. The second kappa shape index (κ2) is 2.36. The molecule has 2 nitrogen and oxygen atoms in total.